The maximum absolute atomic E-state index is 11.4. The van der Waals surface area contributed by atoms with Crippen molar-refractivity contribution >= 4 is 5.91 Å². The van der Waals surface area contributed by atoms with Gasteiger partial charge in [-0.2, -0.15) is 0 Å². The van der Waals surface area contributed by atoms with Crippen LogP contribution in [0.4, 0.5) is 0 Å². The molecule has 1 amide bonds. The monoisotopic (exact) mass is 215 g/mol. The first-order valence-electron chi connectivity index (χ1n) is 5.84. The van der Waals surface area contributed by atoms with Crippen molar-refractivity contribution in [3.8, 4) is 0 Å². The summed E-state index contributed by atoms with van der Waals surface area (Å²) in [7, 11) is 0. The average molecular weight is 215 g/mol. The molecule has 1 atom stereocenters. The van der Waals surface area contributed by atoms with Gasteiger partial charge in [0.1, 0.15) is 0 Å². The topological polar surface area (TPSA) is 29.1 Å². The summed E-state index contributed by atoms with van der Waals surface area (Å²) in [6.07, 6.45) is 7.70. The number of carbonyl (C=O) groups excluding carboxylic acids is 1. The van der Waals surface area contributed by atoms with Crippen LogP contribution >= 0.6 is 0 Å². The van der Waals surface area contributed by atoms with E-state index < -0.39 is 0 Å². The fraction of sp³-hybridized carbons (Fsp3) is 0.357. The highest BCUT2D eigenvalue weighted by atomic mass is 16.1. The van der Waals surface area contributed by atoms with Crippen LogP contribution in [0.2, 0.25) is 0 Å². The van der Waals surface area contributed by atoms with Crippen LogP contribution in [-0.2, 0) is 11.2 Å². The van der Waals surface area contributed by atoms with Crippen molar-refractivity contribution in [1.82, 2.24) is 5.32 Å². The highest BCUT2D eigenvalue weighted by Gasteiger charge is 2.11. The highest BCUT2D eigenvalue weighted by molar-refractivity contribution is 5.77. The van der Waals surface area contributed by atoms with Crippen LogP contribution in [0.3, 0.4) is 0 Å². The third-order valence-corrected chi connectivity index (χ3v) is 2.84. The fourth-order valence-corrected chi connectivity index (χ4v) is 1.94. The molecule has 0 saturated carbocycles. The van der Waals surface area contributed by atoms with Gasteiger partial charge in [0.15, 0.2) is 0 Å². The predicted octanol–water partition coefficient (Wildman–Crippen LogP) is 2.45. The summed E-state index contributed by atoms with van der Waals surface area (Å²) < 4.78 is 0. The number of rotatable bonds is 3. The van der Waals surface area contributed by atoms with Gasteiger partial charge < -0.3 is 5.32 Å². The molecule has 2 rings (SSSR count). The van der Waals surface area contributed by atoms with Crippen LogP contribution in [0, 0.1) is 0 Å². The van der Waals surface area contributed by atoms with Gasteiger partial charge in [0, 0.05) is 12.5 Å². The van der Waals surface area contributed by atoms with Gasteiger partial charge in [0.25, 0.3) is 0 Å². The lowest BCUT2D eigenvalue weighted by Gasteiger charge is -2.12. The number of aryl methyl sites for hydroxylation is 1. The van der Waals surface area contributed by atoms with Crippen molar-refractivity contribution in [1.29, 1.82) is 0 Å². The van der Waals surface area contributed by atoms with Gasteiger partial charge in [0.2, 0.25) is 5.91 Å². The molecule has 1 aromatic carbocycles. The minimum Gasteiger partial charge on any atom is -0.350 e. The molecule has 0 bridgehead atoms. The van der Waals surface area contributed by atoms with E-state index in [1.807, 2.05) is 6.07 Å². The van der Waals surface area contributed by atoms with Crippen molar-refractivity contribution in [2.75, 3.05) is 0 Å². The van der Waals surface area contributed by atoms with Gasteiger partial charge in [-0.1, -0.05) is 42.5 Å². The van der Waals surface area contributed by atoms with E-state index in [4.69, 9.17) is 0 Å². The first-order valence-corrected chi connectivity index (χ1v) is 5.84. The molecule has 1 N–H and O–H groups in total. The summed E-state index contributed by atoms with van der Waals surface area (Å²) in [6.45, 7) is 0. The summed E-state index contributed by atoms with van der Waals surface area (Å²) in [4.78, 5) is 11.4. The van der Waals surface area contributed by atoms with Crippen molar-refractivity contribution in [3.05, 3.63) is 48.0 Å². The number of carbonyl (C=O) groups is 1. The Morgan fingerprint density at radius 1 is 1.25 bits per heavy atom. The van der Waals surface area contributed by atoms with Gasteiger partial charge >= 0.3 is 0 Å². The SMILES string of the molecule is O=C1CCC=C[C@@H](CCc2ccccc2)N1. The molecule has 84 valence electrons. The summed E-state index contributed by atoms with van der Waals surface area (Å²) >= 11 is 0. The van der Waals surface area contributed by atoms with E-state index in [1.165, 1.54) is 5.56 Å². The lowest BCUT2D eigenvalue weighted by molar-refractivity contribution is -0.121. The molecule has 0 radical (unpaired) electrons. The molecule has 16 heavy (non-hydrogen) atoms. The summed E-state index contributed by atoms with van der Waals surface area (Å²) in [5.74, 6) is 0.170. The number of nitrogens with one attached hydrogen (secondary N) is 1. The first-order chi connectivity index (χ1) is 7.84. The van der Waals surface area contributed by atoms with Gasteiger partial charge in [-0.3, -0.25) is 4.79 Å². The van der Waals surface area contributed by atoms with Crippen LogP contribution in [0.5, 0.6) is 0 Å². The zero-order chi connectivity index (χ0) is 11.2. The third-order valence-electron chi connectivity index (χ3n) is 2.84. The maximum atomic E-state index is 11.4. The van der Waals surface area contributed by atoms with Gasteiger partial charge in [-0.15, -0.1) is 0 Å². The molecule has 1 heterocycles. The van der Waals surface area contributed by atoms with E-state index in [0.717, 1.165) is 19.3 Å². The van der Waals surface area contributed by atoms with E-state index in [-0.39, 0.29) is 11.9 Å². The second kappa shape index (κ2) is 5.50. The molecule has 0 aromatic heterocycles. The molecule has 0 saturated heterocycles. The van der Waals surface area contributed by atoms with Crippen LogP contribution in [0.15, 0.2) is 42.5 Å². The van der Waals surface area contributed by atoms with Crippen LogP contribution in [0.1, 0.15) is 24.8 Å². The highest BCUT2D eigenvalue weighted by Crippen LogP contribution is 2.09. The minimum absolute atomic E-state index is 0.170. The molecule has 0 spiro atoms. The van der Waals surface area contributed by atoms with E-state index >= 15 is 0 Å². The lowest BCUT2D eigenvalue weighted by atomic mass is 10.1. The van der Waals surface area contributed by atoms with Crippen molar-refractivity contribution in [3.63, 3.8) is 0 Å². The van der Waals surface area contributed by atoms with Crippen LogP contribution in [-0.4, -0.2) is 11.9 Å². The Labute approximate surface area is 96.4 Å². The molecule has 0 aliphatic carbocycles. The Morgan fingerprint density at radius 3 is 2.88 bits per heavy atom. The Morgan fingerprint density at radius 2 is 2.06 bits per heavy atom. The van der Waals surface area contributed by atoms with Crippen LogP contribution < -0.4 is 5.32 Å². The Hall–Kier alpha value is -1.57. The van der Waals surface area contributed by atoms with Crippen molar-refractivity contribution in [2.45, 2.75) is 31.7 Å². The molecule has 2 nitrogen and oxygen atoms in total. The summed E-state index contributed by atoms with van der Waals surface area (Å²) in [5.41, 5.74) is 1.33. The van der Waals surface area contributed by atoms with Crippen molar-refractivity contribution in [2.24, 2.45) is 0 Å². The standard InChI is InChI=1S/C14H17NO/c16-14-9-5-4-8-13(15-14)11-10-12-6-2-1-3-7-12/h1-4,6-8,13H,5,9-11H2,(H,15,16)/t13-/m0/s1. The molecular formula is C14H17NO. The van der Waals surface area contributed by atoms with E-state index in [1.54, 1.807) is 0 Å². The Kier molecular flexibility index (Phi) is 3.76. The molecule has 0 fully saturated rings. The third kappa shape index (κ3) is 3.23. The first kappa shape index (κ1) is 10.9. The number of amides is 1. The predicted molar refractivity (Wildman–Crippen MR) is 65.1 cm³/mol. The molecule has 1 aliphatic heterocycles. The lowest BCUT2D eigenvalue weighted by Crippen LogP contribution is -2.32. The quantitative estimate of drug-likeness (QED) is 0.771. The Bertz CT molecular complexity index is 370. The van der Waals surface area contributed by atoms with E-state index in [2.05, 4.69) is 41.7 Å². The van der Waals surface area contributed by atoms with Crippen LogP contribution in [0.25, 0.3) is 0 Å². The number of hydrogen-bond acceptors (Lipinski definition) is 1. The zero-order valence-electron chi connectivity index (χ0n) is 9.36. The van der Waals surface area contributed by atoms with E-state index in [9.17, 15) is 4.79 Å². The molecule has 2 heteroatoms. The molecule has 1 aromatic rings. The Balaban J connectivity index is 1.87. The summed E-state index contributed by atoms with van der Waals surface area (Å²) in [6, 6.07) is 10.6. The molecular weight excluding hydrogens is 198 g/mol. The van der Waals surface area contributed by atoms with Gasteiger partial charge in [-0.25, -0.2) is 0 Å². The smallest absolute Gasteiger partial charge is 0.220 e. The van der Waals surface area contributed by atoms with Gasteiger partial charge in [0.05, 0.1) is 0 Å². The second-order valence-corrected chi connectivity index (χ2v) is 4.17. The molecule has 0 unspecified atom stereocenters. The number of hydrogen-bond donors (Lipinski definition) is 1. The van der Waals surface area contributed by atoms with E-state index in [0.29, 0.717) is 6.42 Å². The average Bonchev–Trinajstić information content (AvgIpc) is 2.52. The van der Waals surface area contributed by atoms with Gasteiger partial charge in [-0.05, 0) is 24.8 Å². The largest absolute Gasteiger partial charge is 0.350 e. The maximum Gasteiger partial charge on any atom is 0.220 e. The normalized spacial score (nSPS) is 20.2. The fourth-order valence-electron chi connectivity index (χ4n) is 1.94. The minimum atomic E-state index is 0.170. The number of benzene rings is 1. The zero-order valence-corrected chi connectivity index (χ0v) is 9.36. The molecule has 1 aliphatic rings. The summed E-state index contributed by atoms with van der Waals surface area (Å²) in [5, 5.41) is 3.02. The second-order valence-electron chi connectivity index (χ2n) is 4.17. The number of allylic oxidation sites excluding steroid dienone is 1. The van der Waals surface area contributed by atoms with Crippen molar-refractivity contribution < 1.29 is 4.79 Å².